The first-order valence-corrected chi connectivity index (χ1v) is 7.39. The molecule has 0 aliphatic carbocycles. The van der Waals surface area contributed by atoms with Crippen molar-refractivity contribution in [3.05, 3.63) is 18.2 Å². The fourth-order valence-electron chi connectivity index (χ4n) is 2.11. The summed E-state index contributed by atoms with van der Waals surface area (Å²) in [5, 5.41) is 0. The van der Waals surface area contributed by atoms with Gasteiger partial charge in [0.05, 0.1) is 13.1 Å². The number of hydrogen-bond donors (Lipinski definition) is 0. The Balaban J connectivity index is 2.64. The Hall–Kier alpha value is -0.790. The van der Waals surface area contributed by atoms with E-state index in [1.165, 1.54) is 63.7 Å². The maximum absolute atomic E-state index is 2.47. The number of hydrogen-bond acceptors (Lipinski definition) is 0. The highest BCUT2D eigenvalue weighted by Gasteiger charge is 2.12. The second kappa shape index (κ2) is 8.32. The van der Waals surface area contributed by atoms with Gasteiger partial charge in [-0.2, -0.15) is 0 Å². The lowest BCUT2D eigenvalue weighted by Crippen LogP contribution is -2.30. The van der Waals surface area contributed by atoms with Gasteiger partial charge in [0, 0.05) is 6.42 Å². The SMILES string of the molecule is CCCCc1c[n+](CCCC)cn1CCCC. The summed E-state index contributed by atoms with van der Waals surface area (Å²) in [6, 6.07) is 0. The van der Waals surface area contributed by atoms with Crippen LogP contribution in [0.15, 0.2) is 12.5 Å². The van der Waals surface area contributed by atoms with E-state index in [9.17, 15) is 0 Å². The van der Waals surface area contributed by atoms with Crippen LogP contribution in [0.2, 0.25) is 0 Å². The lowest BCUT2D eigenvalue weighted by molar-refractivity contribution is -0.697. The van der Waals surface area contributed by atoms with Crippen molar-refractivity contribution in [2.45, 2.75) is 78.8 Å². The van der Waals surface area contributed by atoms with Gasteiger partial charge >= 0.3 is 0 Å². The molecule has 0 aliphatic rings. The quantitative estimate of drug-likeness (QED) is 0.579. The van der Waals surface area contributed by atoms with Crippen molar-refractivity contribution in [2.75, 3.05) is 0 Å². The Bertz CT molecular complexity index is 276. The lowest BCUT2D eigenvalue weighted by atomic mass is 10.2. The van der Waals surface area contributed by atoms with Gasteiger partial charge < -0.3 is 0 Å². The van der Waals surface area contributed by atoms with Crippen LogP contribution in [0, 0.1) is 0 Å². The van der Waals surface area contributed by atoms with Crippen LogP contribution in [0.1, 0.15) is 65.0 Å². The average Bonchev–Trinajstić information content (AvgIpc) is 2.73. The van der Waals surface area contributed by atoms with Crippen LogP contribution in [0.5, 0.6) is 0 Å². The molecule has 17 heavy (non-hydrogen) atoms. The minimum Gasteiger partial charge on any atom is -0.237 e. The second-order valence-corrected chi connectivity index (χ2v) is 4.98. The van der Waals surface area contributed by atoms with Crippen LogP contribution in [0.25, 0.3) is 0 Å². The van der Waals surface area contributed by atoms with Crippen LogP contribution in [-0.4, -0.2) is 4.57 Å². The molecule has 0 unspecified atom stereocenters. The zero-order chi connectivity index (χ0) is 12.5. The topological polar surface area (TPSA) is 8.81 Å². The Kier molecular flexibility index (Phi) is 6.99. The summed E-state index contributed by atoms with van der Waals surface area (Å²) in [6.45, 7) is 9.15. The fraction of sp³-hybridized carbons (Fsp3) is 0.800. The van der Waals surface area contributed by atoms with Gasteiger partial charge in [-0.1, -0.05) is 40.0 Å². The average molecular weight is 237 g/mol. The normalized spacial score (nSPS) is 11.0. The van der Waals surface area contributed by atoms with Gasteiger partial charge in [-0.05, 0) is 19.3 Å². The van der Waals surface area contributed by atoms with Gasteiger partial charge in [-0.25, -0.2) is 9.13 Å². The summed E-state index contributed by atoms with van der Waals surface area (Å²) in [5.74, 6) is 0. The van der Waals surface area contributed by atoms with E-state index in [0.29, 0.717) is 0 Å². The molecular formula is C15H29N2+. The molecule has 0 saturated carbocycles. The summed E-state index contributed by atoms with van der Waals surface area (Å²) in [6.07, 6.45) is 13.6. The highest BCUT2D eigenvalue weighted by molar-refractivity contribution is 4.94. The van der Waals surface area contributed by atoms with E-state index in [0.717, 1.165) is 0 Å². The molecule has 0 amide bonds. The minimum atomic E-state index is 1.18. The molecular weight excluding hydrogens is 208 g/mol. The molecule has 1 heterocycles. The van der Waals surface area contributed by atoms with Crippen LogP contribution < -0.4 is 4.57 Å². The third-order valence-electron chi connectivity index (χ3n) is 3.28. The van der Waals surface area contributed by atoms with Crippen LogP contribution in [-0.2, 0) is 19.5 Å². The highest BCUT2D eigenvalue weighted by Crippen LogP contribution is 2.06. The maximum Gasteiger partial charge on any atom is 0.243 e. The predicted molar refractivity (Wildman–Crippen MR) is 73.1 cm³/mol. The van der Waals surface area contributed by atoms with Gasteiger partial charge in [0.15, 0.2) is 0 Å². The van der Waals surface area contributed by atoms with Gasteiger partial charge in [0.25, 0.3) is 0 Å². The van der Waals surface area contributed by atoms with E-state index in [4.69, 9.17) is 0 Å². The van der Waals surface area contributed by atoms with Gasteiger partial charge in [-0.15, -0.1) is 0 Å². The van der Waals surface area contributed by atoms with Gasteiger partial charge in [0.1, 0.15) is 11.9 Å². The first-order chi connectivity index (χ1) is 8.31. The number of aryl methyl sites for hydroxylation is 3. The molecule has 1 aromatic rings. The number of aromatic nitrogens is 2. The smallest absolute Gasteiger partial charge is 0.237 e. The molecule has 0 aromatic carbocycles. The van der Waals surface area contributed by atoms with E-state index >= 15 is 0 Å². The molecule has 0 spiro atoms. The van der Waals surface area contributed by atoms with E-state index in [1.807, 2.05) is 0 Å². The van der Waals surface area contributed by atoms with Crippen molar-refractivity contribution in [3.8, 4) is 0 Å². The van der Waals surface area contributed by atoms with E-state index in [2.05, 4.69) is 42.4 Å². The third-order valence-corrected chi connectivity index (χ3v) is 3.28. The standard InChI is InChI=1S/C15H29N2/c1-4-7-10-15-13-16(11-8-5-2)14-17(15)12-9-6-3/h13-14H,4-12H2,1-3H3/q+1. The number of unbranched alkanes of at least 4 members (excludes halogenated alkanes) is 3. The number of rotatable bonds is 9. The van der Waals surface area contributed by atoms with Crippen LogP contribution in [0.3, 0.4) is 0 Å². The third kappa shape index (κ3) is 4.93. The summed E-state index contributed by atoms with van der Waals surface area (Å²) in [5.41, 5.74) is 1.52. The predicted octanol–water partition coefficient (Wildman–Crippen LogP) is 3.72. The van der Waals surface area contributed by atoms with Crippen LogP contribution in [0.4, 0.5) is 0 Å². The van der Waals surface area contributed by atoms with E-state index in [-0.39, 0.29) is 0 Å². The number of imidazole rings is 1. The lowest BCUT2D eigenvalue weighted by Gasteiger charge is -1.99. The van der Waals surface area contributed by atoms with Crippen molar-refractivity contribution in [1.82, 2.24) is 4.57 Å². The summed E-state index contributed by atoms with van der Waals surface area (Å²) in [4.78, 5) is 0. The Morgan fingerprint density at radius 1 is 1.00 bits per heavy atom. The fourth-order valence-corrected chi connectivity index (χ4v) is 2.11. The zero-order valence-corrected chi connectivity index (χ0v) is 11.9. The van der Waals surface area contributed by atoms with E-state index < -0.39 is 0 Å². The molecule has 0 aliphatic heterocycles. The Morgan fingerprint density at radius 2 is 1.71 bits per heavy atom. The largest absolute Gasteiger partial charge is 0.243 e. The second-order valence-electron chi connectivity index (χ2n) is 4.98. The molecule has 0 atom stereocenters. The molecule has 1 aromatic heterocycles. The molecule has 1 rings (SSSR count). The summed E-state index contributed by atoms with van der Waals surface area (Å²) >= 11 is 0. The molecule has 2 heteroatoms. The van der Waals surface area contributed by atoms with Gasteiger partial charge in [-0.3, -0.25) is 0 Å². The molecule has 0 radical (unpaired) electrons. The number of nitrogens with zero attached hydrogens (tertiary/aromatic N) is 2. The van der Waals surface area contributed by atoms with Crippen molar-refractivity contribution in [1.29, 1.82) is 0 Å². The highest BCUT2D eigenvalue weighted by atomic mass is 15.1. The summed E-state index contributed by atoms with van der Waals surface area (Å²) < 4.78 is 4.85. The van der Waals surface area contributed by atoms with Crippen molar-refractivity contribution >= 4 is 0 Å². The Labute approximate surface area is 107 Å². The first-order valence-electron chi connectivity index (χ1n) is 7.39. The monoisotopic (exact) mass is 237 g/mol. The molecule has 0 saturated heterocycles. The van der Waals surface area contributed by atoms with Crippen molar-refractivity contribution in [2.24, 2.45) is 0 Å². The summed E-state index contributed by atoms with van der Waals surface area (Å²) in [7, 11) is 0. The molecule has 2 nitrogen and oxygen atoms in total. The van der Waals surface area contributed by atoms with Crippen LogP contribution >= 0.6 is 0 Å². The Morgan fingerprint density at radius 3 is 2.35 bits per heavy atom. The zero-order valence-electron chi connectivity index (χ0n) is 11.9. The molecule has 0 bridgehead atoms. The van der Waals surface area contributed by atoms with E-state index in [1.54, 1.807) is 0 Å². The molecule has 0 fully saturated rings. The molecule has 0 N–H and O–H groups in total. The van der Waals surface area contributed by atoms with Crippen molar-refractivity contribution < 1.29 is 4.57 Å². The molecule has 98 valence electrons. The van der Waals surface area contributed by atoms with Crippen molar-refractivity contribution in [3.63, 3.8) is 0 Å². The maximum atomic E-state index is 2.47. The first kappa shape index (κ1) is 14.3. The minimum absolute atomic E-state index is 1.18. The van der Waals surface area contributed by atoms with Gasteiger partial charge in [0.2, 0.25) is 6.33 Å².